The molecule has 398 valence electrons. The second-order valence-electron chi connectivity index (χ2n) is 24.3. The number of phenolic OH excluding ortho intramolecular Hbond substituents is 1. The van der Waals surface area contributed by atoms with Gasteiger partial charge in [-0.05, 0) is 187 Å². The molecule has 3 saturated carbocycles. The first kappa shape index (κ1) is 51.7. The zero-order valence-corrected chi connectivity index (χ0v) is 44.6. The highest BCUT2D eigenvalue weighted by atomic mass is 16.5. The minimum absolute atomic E-state index is 0.0142. The molecule has 1 saturated heterocycles. The Hall–Kier alpha value is -5.38. The van der Waals surface area contributed by atoms with Crippen LogP contribution in [0.3, 0.4) is 0 Å². The molecule has 3 heterocycles. The average Bonchev–Trinajstić information content (AvgIpc) is 3.94. The number of dihydropyridines is 1. The Morgan fingerprint density at radius 1 is 0.960 bits per heavy atom. The van der Waals surface area contributed by atoms with Crippen LogP contribution < -0.4 is 26.4 Å². The normalized spacial score (nSPS) is 32.2. The molecule has 0 unspecified atom stereocenters. The number of aliphatic hydroxyl groups is 2. The van der Waals surface area contributed by atoms with E-state index in [2.05, 4.69) is 114 Å². The molecule has 0 amide bonds. The molecule has 1 spiro atoms. The van der Waals surface area contributed by atoms with Gasteiger partial charge in [-0.2, -0.15) is 0 Å². The van der Waals surface area contributed by atoms with Gasteiger partial charge in [0, 0.05) is 61.5 Å². The van der Waals surface area contributed by atoms with Gasteiger partial charge in [0.1, 0.15) is 11.2 Å². The van der Waals surface area contributed by atoms with Crippen molar-refractivity contribution in [3.8, 4) is 23.3 Å². The SMILES string of the molecule is CCNC[C@@H]1[C@@H]([C@H]2CC[C@@]3(C#C[C@H](CC[C@H](O)[C@H](CCC(C)C)[C@H](C4=CCNC(N)=C4)c4ccc5ccccc5c4)c4cc(O)c(OC)cc4CCC3=O)[C@H](O)C2)C[C@H]2CN[C@H]3CC(=O)C[C@H]4c5cc[nH]c5[C@@H]1[C@@H]2[C@H]34. The lowest BCUT2D eigenvalue weighted by atomic mass is 9.46. The Morgan fingerprint density at radius 3 is 2.59 bits per heavy atom. The number of fused-ring (bicyclic) bond motifs is 5. The quantitative estimate of drug-likeness (QED) is 0.0535. The van der Waals surface area contributed by atoms with Gasteiger partial charge in [-0.3, -0.25) is 9.59 Å². The summed E-state index contributed by atoms with van der Waals surface area (Å²) in [6.45, 7) is 9.94. The summed E-state index contributed by atoms with van der Waals surface area (Å²) in [5, 5.41) is 50.2. The fraction of sp³-hybridized carbons (Fsp3) is 0.562. The van der Waals surface area contributed by atoms with E-state index in [4.69, 9.17) is 10.5 Å². The van der Waals surface area contributed by atoms with Crippen molar-refractivity contribution in [1.29, 1.82) is 0 Å². The molecule has 7 aliphatic rings. The molecule has 11 heteroatoms. The summed E-state index contributed by atoms with van der Waals surface area (Å²) in [6.07, 6.45) is 12.1. The number of allylic oxidation sites excluding steroid dienone is 2. The molecule has 9 N–H and O–H groups in total. The van der Waals surface area contributed by atoms with Crippen molar-refractivity contribution >= 4 is 22.3 Å². The van der Waals surface area contributed by atoms with Crippen LogP contribution in [0.15, 0.2) is 90.4 Å². The predicted molar refractivity (Wildman–Crippen MR) is 295 cm³/mol. The van der Waals surface area contributed by atoms with Crippen molar-refractivity contribution in [3.05, 3.63) is 118 Å². The summed E-state index contributed by atoms with van der Waals surface area (Å²) >= 11 is 0. The van der Waals surface area contributed by atoms with Gasteiger partial charge >= 0.3 is 0 Å². The van der Waals surface area contributed by atoms with Crippen LogP contribution in [0.4, 0.5) is 0 Å². The lowest BCUT2D eigenvalue weighted by Crippen LogP contribution is -2.63. The Kier molecular flexibility index (Phi) is 14.9. The van der Waals surface area contributed by atoms with Gasteiger partial charge in [0.25, 0.3) is 0 Å². The summed E-state index contributed by atoms with van der Waals surface area (Å²) in [7, 11) is 1.54. The van der Waals surface area contributed by atoms with Crippen LogP contribution in [-0.2, 0) is 16.0 Å². The van der Waals surface area contributed by atoms with Crippen LogP contribution in [-0.4, -0.2) is 83.4 Å². The molecule has 0 bridgehead atoms. The maximum Gasteiger partial charge on any atom is 0.160 e. The fourth-order valence-corrected chi connectivity index (χ4v) is 16.3. The molecule has 4 fully saturated rings. The van der Waals surface area contributed by atoms with Crippen molar-refractivity contribution in [2.45, 2.75) is 140 Å². The van der Waals surface area contributed by atoms with E-state index in [0.717, 1.165) is 73.0 Å². The number of aromatic nitrogens is 1. The van der Waals surface area contributed by atoms with Gasteiger partial charge in [-0.1, -0.05) is 87.6 Å². The number of ketones is 2. The molecule has 11 rings (SSSR count). The number of hydrogen-bond donors (Lipinski definition) is 8. The third-order valence-electron chi connectivity index (χ3n) is 19.9. The number of Topliss-reactive ketones (excluding diaryl/α,β-unsaturated/α-hetero) is 2. The van der Waals surface area contributed by atoms with Crippen LogP contribution in [0, 0.1) is 64.6 Å². The smallest absolute Gasteiger partial charge is 0.160 e. The first-order valence-electron chi connectivity index (χ1n) is 28.7. The molecule has 75 heavy (non-hydrogen) atoms. The molecular weight excluding hydrogens is 935 g/mol. The molecule has 2 aliphatic heterocycles. The van der Waals surface area contributed by atoms with Crippen molar-refractivity contribution < 1.29 is 29.6 Å². The first-order valence-corrected chi connectivity index (χ1v) is 28.7. The van der Waals surface area contributed by atoms with E-state index in [-0.39, 0.29) is 47.7 Å². The van der Waals surface area contributed by atoms with E-state index in [1.165, 1.54) is 16.6 Å². The van der Waals surface area contributed by atoms with Gasteiger partial charge in [-0.15, -0.1) is 0 Å². The summed E-state index contributed by atoms with van der Waals surface area (Å²) in [5.74, 6) is 11.1. The van der Waals surface area contributed by atoms with Crippen LogP contribution in [0.1, 0.15) is 143 Å². The number of ether oxygens (including phenoxy) is 1. The Balaban J connectivity index is 0.903. The molecule has 15 atom stereocenters. The van der Waals surface area contributed by atoms with E-state index in [1.54, 1.807) is 13.2 Å². The molecule has 11 nitrogen and oxygen atoms in total. The minimum Gasteiger partial charge on any atom is -0.504 e. The highest BCUT2D eigenvalue weighted by molar-refractivity contribution is 5.89. The van der Waals surface area contributed by atoms with Crippen LogP contribution in [0.5, 0.6) is 11.5 Å². The predicted octanol–water partition coefficient (Wildman–Crippen LogP) is 9.25. The molecule has 1 aromatic heterocycles. The zero-order chi connectivity index (χ0) is 52.1. The number of H-pyrrole nitrogens is 1. The van der Waals surface area contributed by atoms with Gasteiger partial charge in [0.2, 0.25) is 0 Å². The number of nitrogens with two attached hydrogens (primary N) is 1. The third kappa shape index (κ3) is 9.76. The number of hydrogen-bond acceptors (Lipinski definition) is 10. The Morgan fingerprint density at radius 2 is 1.80 bits per heavy atom. The van der Waals surface area contributed by atoms with E-state index in [9.17, 15) is 24.9 Å². The molecule has 3 aromatic carbocycles. The number of benzene rings is 3. The molecular formula is C64H81N5O6. The zero-order valence-electron chi connectivity index (χ0n) is 44.6. The molecule has 4 aromatic rings. The van der Waals surface area contributed by atoms with Gasteiger partial charge in [-0.25, -0.2) is 0 Å². The van der Waals surface area contributed by atoms with E-state index >= 15 is 0 Å². The van der Waals surface area contributed by atoms with Gasteiger partial charge < -0.3 is 46.7 Å². The van der Waals surface area contributed by atoms with E-state index in [1.807, 2.05) is 12.1 Å². The number of methoxy groups -OCH3 is 1. The highest BCUT2D eigenvalue weighted by Crippen LogP contribution is 2.63. The van der Waals surface area contributed by atoms with Crippen molar-refractivity contribution in [2.24, 2.45) is 58.5 Å². The maximum absolute atomic E-state index is 15.0. The van der Waals surface area contributed by atoms with Crippen molar-refractivity contribution in [3.63, 3.8) is 0 Å². The minimum atomic E-state index is -1.23. The number of aliphatic hydroxyl groups excluding tert-OH is 2. The fourth-order valence-electron chi connectivity index (χ4n) is 16.3. The lowest BCUT2D eigenvalue weighted by molar-refractivity contribution is -0.137. The number of carbonyl (C=O) groups excluding carboxylic acids is 2. The summed E-state index contributed by atoms with van der Waals surface area (Å²) in [5.41, 5.74) is 11.9. The molecule has 5 aliphatic carbocycles. The van der Waals surface area contributed by atoms with Gasteiger partial charge in [0.15, 0.2) is 17.3 Å². The summed E-state index contributed by atoms with van der Waals surface area (Å²) in [6, 6.07) is 21.1. The van der Waals surface area contributed by atoms with Crippen molar-refractivity contribution in [1.82, 2.24) is 20.9 Å². The Labute approximate surface area is 444 Å². The van der Waals surface area contributed by atoms with Crippen LogP contribution in [0.25, 0.3) is 10.8 Å². The number of aromatic amines is 1. The number of piperidine rings is 1. The van der Waals surface area contributed by atoms with E-state index in [0.29, 0.717) is 110 Å². The summed E-state index contributed by atoms with van der Waals surface area (Å²) in [4.78, 5) is 31.9. The van der Waals surface area contributed by atoms with Crippen molar-refractivity contribution in [2.75, 3.05) is 33.3 Å². The topological polar surface area (TPSA) is 182 Å². The summed E-state index contributed by atoms with van der Waals surface area (Å²) < 4.78 is 5.64. The van der Waals surface area contributed by atoms with Gasteiger partial charge in [0.05, 0.1) is 25.1 Å². The standard InChI is InChI=1S/C64H81N5O6/c1-5-66-35-51-49(27-44-34-69-52-32-45(70)31-50-46-21-25-68-63(46)62(51)60(44)61(50)52)41-19-23-64(57(74)29-41)22-18-38(48-33-54(72)55(75-4)28-40(48)14-17-56(64)73)13-16-53(71)47(15-10-36(2)3)59(43-20-24-67-58(65)30-43)42-12-11-37-8-6-7-9-39(37)26-42/h6-9,11-12,20-21,25-26,28,30,33,36,38,41,44,47,49-53,57,59-62,66-69,71-72,74H,5,10,13-17,19,23-24,27,29,31-32,34-35,65H2,1-4H3/t38-,41-,44-,47-,49+,50-,51+,52-,53-,57+,59-,60-,61-,62-,64+/m0/s1. The average molecular weight is 1020 g/mol. The third-order valence-corrected chi connectivity index (χ3v) is 19.9. The molecule has 0 radical (unpaired) electrons. The lowest BCUT2D eigenvalue weighted by Gasteiger charge is -2.61. The highest BCUT2D eigenvalue weighted by Gasteiger charge is 2.60. The number of aromatic hydroxyl groups is 1. The van der Waals surface area contributed by atoms with Crippen LogP contribution >= 0.6 is 0 Å². The number of aryl methyl sites for hydroxylation is 1. The number of phenols is 1. The van der Waals surface area contributed by atoms with E-state index < -0.39 is 23.5 Å². The number of nitrogens with one attached hydrogen (secondary N) is 4. The second kappa shape index (κ2) is 21.6. The Bertz CT molecular complexity index is 2890. The largest absolute Gasteiger partial charge is 0.504 e. The second-order valence-corrected chi connectivity index (χ2v) is 24.3. The first-order chi connectivity index (χ1) is 36.3. The maximum atomic E-state index is 15.0. The monoisotopic (exact) mass is 1020 g/mol. The number of carbonyl (C=O) groups is 2. The van der Waals surface area contributed by atoms with Crippen LogP contribution in [0.2, 0.25) is 0 Å². The number of rotatable bonds is 15.